The van der Waals surface area contributed by atoms with Gasteiger partial charge >= 0.3 is 6.18 Å². The summed E-state index contributed by atoms with van der Waals surface area (Å²) in [5, 5.41) is 12.6. The van der Waals surface area contributed by atoms with Gasteiger partial charge in [0, 0.05) is 23.2 Å². The SMILES string of the molecule is O=C(CSc1ccc([N+](=O)[O-])cc1)Nc1cc(C(F)(F)F)c[nH]c1=O. The minimum absolute atomic E-state index is 0.107. The minimum Gasteiger partial charge on any atom is -0.327 e. The Hall–Kier alpha value is -2.82. The number of non-ortho nitro benzene ring substituents is 1. The molecule has 0 saturated heterocycles. The number of rotatable bonds is 5. The van der Waals surface area contributed by atoms with Crippen LogP contribution in [0.1, 0.15) is 5.56 Å². The summed E-state index contributed by atoms with van der Waals surface area (Å²) in [4.78, 5) is 35.7. The molecule has 0 spiro atoms. The van der Waals surface area contributed by atoms with E-state index in [9.17, 15) is 32.9 Å². The van der Waals surface area contributed by atoms with Crippen molar-refractivity contribution in [1.29, 1.82) is 0 Å². The quantitative estimate of drug-likeness (QED) is 0.476. The van der Waals surface area contributed by atoms with Gasteiger partial charge in [-0.1, -0.05) is 0 Å². The van der Waals surface area contributed by atoms with Gasteiger partial charge in [0.2, 0.25) is 5.91 Å². The molecule has 0 saturated carbocycles. The zero-order valence-corrected chi connectivity index (χ0v) is 13.1. The van der Waals surface area contributed by atoms with E-state index in [0.717, 1.165) is 11.8 Å². The van der Waals surface area contributed by atoms with Crippen LogP contribution >= 0.6 is 11.8 Å². The topological polar surface area (TPSA) is 105 Å². The van der Waals surface area contributed by atoms with E-state index in [-0.39, 0.29) is 11.4 Å². The third kappa shape index (κ3) is 5.08. The van der Waals surface area contributed by atoms with Crippen LogP contribution in [0.2, 0.25) is 0 Å². The first kappa shape index (κ1) is 18.5. The fourth-order valence-corrected chi connectivity index (χ4v) is 2.44. The highest BCUT2D eigenvalue weighted by Crippen LogP contribution is 2.29. The van der Waals surface area contributed by atoms with Crippen molar-refractivity contribution in [2.24, 2.45) is 0 Å². The molecule has 1 aromatic heterocycles. The monoisotopic (exact) mass is 373 g/mol. The number of pyridine rings is 1. The highest BCUT2D eigenvalue weighted by Gasteiger charge is 2.31. The number of nitrogens with one attached hydrogen (secondary N) is 2. The van der Waals surface area contributed by atoms with Crippen molar-refractivity contribution in [3.8, 4) is 0 Å². The molecule has 0 bridgehead atoms. The van der Waals surface area contributed by atoms with Crippen LogP contribution in [0, 0.1) is 10.1 Å². The standard InChI is InChI=1S/C14H10F3N3O4S/c15-14(16,17)8-5-11(13(22)18-6-8)19-12(21)7-25-10-3-1-9(2-4-10)20(23)24/h1-6H,7H2,(H,18,22)(H,19,21). The number of halogens is 3. The fraction of sp³-hybridized carbons (Fsp3) is 0.143. The zero-order valence-electron chi connectivity index (χ0n) is 12.3. The number of H-pyrrole nitrogens is 1. The first-order chi connectivity index (χ1) is 11.7. The number of nitro benzene ring substituents is 1. The largest absolute Gasteiger partial charge is 0.417 e. The van der Waals surface area contributed by atoms with E-state index in [1.54, 1.807) is 0 Å². The molecule has 1 amide bonds. The van der Waals surface area contributed by atoms with Gasteiger partial charge in [0.1, 0.15) is 5.69 Å². The molecule has 1 aromatic carbocycles. The summed E-state index contributed by atoms with van der Waals surface area (Å²) in [5.74, 6) is -0.874. The number of aromatic nitrogens is 1. The van der Waals surface area contributed by atoms with Gasteiger partial charge in [-0.05, 0) is 18.2 Å². The van der Waals surface area contributed by atoms with Crippen LogP contribution in [0.25, 0.3) is 0 Å². The molecule has 2 N–H and O–H groups in total. The summed E-state index contributed by atoms with van der Waals surface area (Å²) in [6, 6.07) is 5.95. The van der Waals surface area contributed by atoms with Crippen molar-refractivity contribution >= 4 is 29.0 Å². The maximum atomic E-state index is 12.6. The molecule has 0 atom stereocenters. The van der Waals surface area contributed by atoms with Crippen LogP contribution in [-0.2, 0) is 11.0 Å². The normalized spacial score (nSPS) is 11.2. The number of anilines is 1. The lowest BCUT2D eigenvalue weighted by Crippen LogP contribution is -2.22. The number of aromatic amines is 1. The number of nitro groups is 1. The molecule has 0 radical (unpaired) electrons. The molecule has 0 aliphatic rings. The molecule has 1 heterocycles. The average Bonchev–Trinajstić information content (AvgIpc) is 2.54. The van der Waals surface area contributed by atoms with Crippen molar-refractivity contribution in [2.75, 3.05) is 11.1 Å². The Morgan fingerprint density at radius 2 is 1.92 bits per heavy atom. The first-order valence-electron chi connectivity index (χ1n) is 6.64. The van der Waals surface area contributed by atoms with E-state index in [4.69, 9.17) is 0 Å². The predicted molar refractivity (Wildman–Crippen MR) is 84.5 cm³/mol. The number of carbonyl (C=O) groups excluding carboxylic acids is 1. The Balaban J connectivity index is 2.01. The van der Waals surface area contributed by atoms with Crippen LogP contribution in [0.4, 0.5) is 24.5 Å². The second-order valence-electron chi connectivity index (χ2n) is 4.72. The molecule has 2 rings (SSSR count). The smallest absolute Gasteiger partial charge is 0.327 e. The summed E-state index contributed by atoms with van der Waals surface area (Å²) in [7, 11) is 0. The van der Waals surface area contributed by atoms with E-state index < -0.39 is 33.8 Å². The molecule has 0 fully saturated rings. The Morgan fingerprint density at radius 3 is 2.48 bits per heavy atom. The highest BCUT2D eigenvalue weighted by molar-refractivity contribution is 8.00. The maximum absolute atomic E-state index is 12.6. The van der Waals surface area contributed by atoms with Crippen molar-refractivity contribution in [3.63, 3.8) is 0 Å². The third-order valence-corrected chi connectivity index (χ3v) is 3.93. The van der Waals surface area contributed by atoms with Gasteiger partial charge in [-0.3, -0.25) is 19.7 Å². The lowest BCUT2D eigenvalue weighted by Gasteiger charge is -2.09. The van der Waals surface area contributed by atoms with Crippen LogP contribution in [0.3, 0.4) is 0 Å². The van der Waals surface area contributed by atoms with Gasteiger partial charge in [-0.25, -0.2) is 0 Å². The van der Waals surface area contributed by atoms with Crippen molar-refractivity contribution in [2.45, 2.75) is 11.1 Å². The molecule has 25 heavy (non-hydrogen) atoms. The second-order valence-corrected chi connectivity index (χ2v) is 5.77. The number of benzene rings is 1. The number of amides is 1. The summed E-state index contributed by atoms with van der Waals surface area (Å²) >= 11 is 1.01. The van der Waals surface area contributed by atoms with Gasteiger partial charge in [-0.2, -0.15) is 13.2 Å². The number of nitrogens with zero attached hydrogens (tertiary/aromatic N) is 1. The number of alkyl halides is 3. The van der Waals surface area contributed by atoms with Crippen molar-refractivity contribution in [3.05, 3.63) is 62.6 Å². The van der Waals surface area contributed by atoms with E-state index in [2.05, 4.69) is 5.32 Å². The van der Waals surface area contributed by atoms with Crippen molar-refractivity contribution < 1.29 is 22.9 Å². The lowest BCUT2D eigenvalue weighted by molar-refractivity contribution is -0.384. The minimum atomic E-state index is -4.66. The van der Waals surface area contributed by atoms with Crippen LogP contribution in [0.5, 0.6) is 0 Å². The Morgan fingerprint density at radius 1 is 1.28 bits per heavy atom. The predicted octanol–water partition coefficient (Wildman–Crippen LogP) is 3.03. The third-order valence-electron chi connectivity index (χ3n) is 2.92. The average molecular weight is 373 g/mol. The molecule has 7 nitrogen and oxygen atoms in total. The second kappa shape index (κ2) is 7.38. The van der Waals surface area contributed by atoms with Gasteiger partial charge < -0.3 is 10.3 Å². The maximum Gasteiger partial charge on any atom is 0.417 e. The van der Waals surface area contributed by atoms with Crippen LogP contribution in [-0.4, -0.2) is 21.6 Å². The van der Waals surface area contributed by atoms with Crippen LogP contribution < -0.4 is 10.9 Å². The number of hydrogen-bond donors (Lipinski definition) is 2. The molecule has 11 heteroatoms. The lowest BCUT2D eigenvalue weighted by atomic mass is 10.2. The molecule has 0 unspecified atom stereocenters. The summed E-state index contributed by atoms with van der Waals surface area (Å²) in [5.41, 5.74) is -2.57. The van der Waals surface area contributed by atoms with Crippen molar-refractivity contribution in [1.82, 2.24) is 4.98 Å². The molecule has 2 aromatic rings. The molecular weight excluding hydrogens is 363 g/mol. The van der Waals surface area contributed by atoms with E-state index in [1.807, 2.05) is 4.98 Å². The highest BCUT2D eigenvalue weighted by atomic mass is 32.2. The summed E-state index contributed by atoms with van der Waals surface area (Å²) < 4.78 is 37.8. The van der Waals surface area contributed by atoms with Gasteiger partial charge in [-0.15, -0.1) is 11.8 Å². The van der Waals surface area contributed by atoms with Gasteiger partial charge in [0.25, 0.3) is 11.2 Å². The van der Waals surface area contributed by atoms with Gasteiger partial charge in [0.05, 0.1) is 16.2 Å². The van der Waals surface area contributed by atoms with E-state index >= 15 is 0 Å². The first-order valence-corrected chi connectivity index (χ1v) is 7.62. The Labute approximate surface area is 142 Å². The molecule has 132 valence electrons. The molecule has 0 aliphatic heterocycles. The summed E-state index contributed by atoms with van der Waals surface area (Å²) in [6.45, 7) is 0. The van der Waals surface area contributed by atoms with E-state index in [1.165, 1.54) is 24.3 Å². The Kier molecular flexibility index (Phi) is 5.47. The number of carbonyl (C=O) groups is 1. The number of thioether (sulfide) groups is 1. The zero-order chi connectivity index (χ0) is 18.6. The van der Waals surface area contributed by atoms with Crippen LogP contribution in [0.15, 0.2) is 46.2 Å². The summed E-state index contributed by atoms with van der Waals surface area (Å²) in [6.07, 6.45) is -4.14. The Bertz CT molecular complexity index is 850. The number of hydrogen-bond acceptors (Lipinski definition) is 5. The van der Waals surface area contributed by atoms with E-state index in [0.29, 0.717) is 17.2 Å². The van der Waals surface area contributed by atoms with Gasteiger partial charge in [0.15, 0.2) is 0 Å². The molecule has 0 aliphatic carbocycles. The molecular formula is C14H10F3N3O4S. The fourth-order valence-electron chi connectivity index (χ4n) is 1.74.